The molecule has 1 heterocycles. The number of benzene rings is 2. The molecule has 0 spiro atoms. The molecule has 1 unspecified atom stereocenters. The first-order valence-corrected chi connectivity index (χ1v) is 10.9. The Labute approximate surface area is 157 Å². The van der Waals surface area contributed by atoms with Crippen LogP contribution in [0.4, 0.5) is 0 Å². The zero-order valence-corrected chi connectivity index (χ0v) is 16.4. The van der Waals surface area contributed by atoms with E-state index in [-0.39, 0.29) is 15.8 Å². The Balaban J connectivity index is 1.75. The summed E-state index contributed by atoms with van der Waals surface area (Å²) < 4.78 is 30.4. The van der Waals surface area contributed by atoms with Gasteiger partial charge in [-0.25, -0.2) is 13.1 Å². The largest absolute Gasteiger partial charge is 0.308 e. The molecule has 0 saturated heterocycles. The minimum atomic E-state index is -3.62. The van der Waals surface area contributed by atoms with E-state index in [0.29, 0.717) is 17.7 Å². The van der Waals surface area contributed by atoms with Crippen molar-refractivity contribution in [1.29, 1.82) is 0 Å². The Morgan fingerprint density at radius 3 is 2.58 bits per heavy atom. The molecule has 1 atom stereocenters. The van der Waals surface area contributed by atoms with E-state index in [0.717, 1.165) is 23.3 Å². The fourth-order valence-corrected chi connectivity index (χ4v) is 5.31. The van der Waals surface area contributed by atoms with Crippen molar-refractivity contribution in [2.24, 2.45) is 0 Å². The normalized spacial score (nSPS) is 13.2. The van der Waals surface area contributed by atoms with Gasteiger partial charge in [-0.15, -0.1) is 0 Å². The van der Waals surface area contributed by atoms with Crippen LogP contribution in [0.2, 0.25) is 0 Å². The molecular formula is C19H22N2O3S2. The fraction of sp³-hybridized carbons (Fsp3) is 0.316. The van der Waals surface area contributed by atoms with Crippen molar-refractivity contribution in [3.63, 3.8) is 0 Å². The molecule has 0 aliphatic carbocycles. The van der Waals surface area contributed by atoms with Crippen LogP contribution in [0.5, 0.6) is 0 Å². The van der Waals surface area contributed by atoms with Crippen molar-refractivity contribution >= 4 is 31.6 Å². The molecule has 0 saturated carbocycles. The molecule has 0 radical (unpaired) electrons. The standard InChI is InChI=1S/C19H22N2O3S2/c1-3-21-17-12-11-16(13-18(17)25-19(21)22)26(23,24)20-14(2)9-10-15-7-5-4-6-8-15/h4-8,11-14,20H,3,9-10H2,1-2H3. The predicted octanol–water partition coefficient (Wildman–Crippen LogP) is 3.38. The SMILES string of the molecule is CCn1c(=O)sc2cc(S(=O)(=O)NC(C)CCc3ccccc3)ccc21. The lowest BCUT2D eigenvalue weighted by molar-refractivity contribution is 0.547. The monoisotopic (exact) mass is 390 g/mol. The molecule has 0 amide bonds. The third-order valence-corrected chi connectivity index (χ3v) is 6.86. The Hall–Kier alpha value is -1.96. The maximum Gasteiger partial charge on any atom is 0.308 e. The van der Waals surface area contributed by atoms with Gasteiger partial charge in [-0.05, 0) is 50.5 Å². The van der Waals surface area contributed by atoms with Crippen LogP contribution in [0.3, 0.4) is 0 Å². The lowest BCUT2D eigenvalue weighted by Crippen LogP contribution is -2.32. The van der Waals surface area contributed by atoms with Crippen LogP contribution in [0.15, 0.2) is 58.2 Å². The number of rotatable bonds is 7. The van der Waals surface area contributed by atoms with Gasteiger partial charge in [-0.1, -0.05) is 41.7 Å². The summed E-state index contributed by atoms with van der Waals surface area (Å²) in [6, 6.07) is 14.7. The topological polar surface area (TPSA) is 68.2 Å². The highest BCUT2D eigenvalue weighted by Gasteiger charge is 2.19. The van der Waals surface area contributed by atoms with Gasteiger partial charge in [0, 0.05) is 12.6 Å². The van der Waals surface area contributed by atoms with Gasteiger partial charge in [0.1, 0.15) is 0 Å². The molecular weight excluding hydrogens is 368 g/mol. The first-order valence-electron chi connectivity index (χ1n) is 8.60. The maximum atomic E-state index is 12.7. The van der Waals surface area contributed by atoms with E-state index in [4.69, 9.17) is 0 Å². The minimum absolute atomic E-state index is 0.0683. The molecule has 0 aliphatic heterocycles. The Kier molecular flexibility index (Phi) is 5.60. The van der Waals surface area contributed by atoms with Crippen molar-refractivity contribution in [1.82, 2.24) is 9.29 Å². The third kappa shape index (κ3) is 4.06. The van der Waals surface area contributed by atoms with Crippen molar-refractivity contribution in [3.8, 4) is 0 Å². The summed E-state index contributed by atoms with van der Waals surface area (Å²) in [5.41, 5.74) is 1.96. The summed E-state index contributed by atoms with van der Waals surface area (Å²) in [6.07, 6.45) is 1.52. The van der Waals surface area contributed by atoms with E-state index >= 15 is 0 Å². The number of sulfonamides is 1. The summed E-state index contributed by atoms with van der Waals surface area (Å²) in [5.74, 6) is 0. The van der Waals surface area contributed by atoms with E-state index in [2.05, 4.69) is 4.72 Å². The summed E-state index contributed by atoms with van der Waals surface area (Å²) in [6.45, 7) is 4.33. The number of nitrogens with zero attached hydrogens (tertiary/aromatic N) is 1. The van der Waals surface area contributed by atoms with Gasteiger partial charge in [0.2, 0.25) is 10.0 Å². The van der Waals surface area contributed by atoms with E-state index in [1.165, 1.54) is 5.56 Å². The molecule has 0 aliphatic rings. The summed E-state index contributed by atoms with van der Waals surface area (Å²) in [5, 5.41) is 0. The highest BCUT2D eigenvalue weighted by Crippen LogP contribution is 2.22. The molecule has 2 aromatic carbocycles. The van der Waals surface area contributed by atoms with Gasteiger partial charge < -0.3 is 0 Å². The molecule has 0 fully saturated rings. The smallest absolute Gasteiger partial charge is 0.299 e. The van der Waals surface area contributed by atoms with Crippen molar-refractivity contribution in [3.05, 3.63) is 63.8 Å². The van der Waals surface area contributed by atoms with Crippen LogP contribution in [-0.2, 0) is 23.0 Å². The molecule has 3 rings (SSSR count). The first-order chi connectivity index (χ1) is 12.4. The van der Waals surface area contributed by atoms with Crippen molar-refractivity contribution in [2.75, 3.05) is 0 Å². The van der Waals surface area contributed by atoms with Crippen LogP contribution < -0.4 is 9.60 Å². The molecule has 1 N–H and O–H groups in total. The minimum Gasteiger partial charge on any atom is -0.299 e. The second kappa shape index (κ2) is 7.73. The molecule has 7 heteroatoms. The zero-order chi connectivity index (χ0) is 18.7. The highest BCUT2D eigenvalue weighted by molar-refractivity contribution is 7.89. The van der Waals surface area contributed by atoms with Crippen LogP contribution >= 0.6 is 11.3 Å². The number of hydrogen-bond acceptors (Lipinski definition) is 4. The molecule has 138 valence electrons. The second-order valence-electron chi connectivity index (χ2n) is 6.29. The number of hydrogen-bond donors (Lipinski definition) is 1. The van der Waals surface area contributed by atoms with Gasteiger partial charge in [-0.2, -0.15) is 0 Å². The van der Waals surface area contributed by atoms with Gasteiger partial charge >= 0.3 is 4.87 Å². The molecule has 1 aromatic heterocycles. The Morgan fingerprint density at radius 2 is 1.88 bits per heavy atom. The lowest BCUT2D eigenvalue weighted by Gasteiger charge is -2.14. The van der Waals surface area contributed by atoms with Crippen molar-refractivity contribution in [2.45, 2.75) is 44.2 Å². The predicted molar refractivity (Wildman–Crippen MR) is 106 cm³/mol. The fourth-order valence-electron chi connectivity index (χ4n) is 2.93. The highest BCUT2D eigenvalue weighted by atomic mass is 32.2. The second-order valence-corrected chi connectivity index (χ2v) is 9.00. The van der Waals surface area contributed by atoms with Gasteiger partial charge in [0.15, 0.2) is 0 Å². The van der Waals surface area contributed by atoms with Crippen molar-refractivity contribution < 1.29 is 8.42 Å². The number of aromatic nitrogens is 1. The van der Waals surface area contributed by atoms with E-state index in [1.54, 1.807) is 22.8 Å². The van der Waals surface area contributed by atoms with Crippen LogP contribution in [-0.4, -0.2) is 19.0 Å². The zero-order valence-electron chi connectivity index (χ0n) is 14.8. The number of aryl methyl sites for hydroxylation is 2. The Bertz CT molecular complexity index is 1050. The molecule has 0 bridgehead atoms. The van der Waals surface area contributed by atoms with Crippen LogP contribution in [0.25, 0.3) is 10.2 Å². The van der Waals surface area contributed by atoms with Gasteiger partial charge in [-0.3, -0.25) is 9.36 Å². The van der Waals surface area contributed by atoms with Crippen LogP contribution in [0, 0.1) is 0 Å². The average molecular weight is 391 g/mol. The molecule has 26 heavy (non-hydrogen) atoms. The summed E-state index contributed by atoms with van der Waals surface area (Å²) in [4.78, 5) is 12.1. The van der Waals surface area contributed by atoms with E-state index in [9.17, 15) is 13.2 Å². The number of nitrogens with one attached hydrogen (secondary N) is 1. The lowest BCUT2D eigenvalue weighted by atomic mass is 10.1. The molecule has 3 aromatic rings. The number of thiazole rings is 1. The van der Waals surface area contributed by atoms with E-state index in [1.807, 2.05) is 44.2 Å². The van der Waals surface area contributed by atoms with E-state index < -0.39 is 10.0 Å². The summed E-state index contributed by atoms with van der Waals surface area (Å²) in [7, 11) is -3.62. The molecule has 5 nitrogen and oxygen atoms in total. The maximum absolute atomic E-state index is 12.7. The number of fused-ring (bicyclic) bond motifs is 1. The first kappa shape index (κ1) is 18.8. The quantitative estimate of drug-likeness (QED) is 0.672. The third-order valence-electron chi connectivity index (χ3n) is 4.33. The Morgan fingerprint density at radius 1 is 1.15 bits per heavy atom. The summed E-state index contributed by atoms with van der Waals surface area (Å²) >= 11 is 1.08. The van der Waals surface area contributed by atoms with Crippen LogP contribution in [0.1, 0.15) is 25.8 Å². The van der Waals surface area contributed by atoms with Gasteiger partial charge in [0.25, 0.3) is 0 Å². The average Bonchev–Trinajstić information content (AvgIpc) is 2.94. The van der Waals surface area contributed by atoms with Gasteiger partial charge in [0.05, 0.1) is 15.1 Å².